The van der Waals surface area contributed by atoms with Gasteiger partial charge in [0.05, 0.1) is 26.2 Å². The van der Waals surface area contributed by atoms with Gasteiger partial charge in [0, 0.05) is 0 Å². The number of nitrogens with zero attached hydrogens (tertiary/aromatic N) is 2. The fourth-order valence-electron chi connectivity index (χ4n) is 3.46. The highest BCUT2D eigenvalue weighted by Crippen LogP contribution is 2.18. The zero-order chi connectivity index (χ0) is 18.5. The van der Waals surface area contributed by atoms with Crippen molar-refractivity contribution in [3.8, 4) is 0 Å². The minimum absolute atomic E-state index is 0.500. The molecule has 3 heteroatoms. The van der Waals surface area contributed by atoms with E-state index in [1.165, 1.54) is 108 Å². The van der Waals surface area contributed by atoms with Crippen molar-refractivity contribution < 1.29 is 9.28 Å². The molecule has 0 aliphatic rings. The lowest BCUT2D eigenvalue weighted by Gasteiger charge is -2.39. The van der Waals surface area contributed by atoms with Gasteiger partial charge < -0.3 is 9.89 Å². The van der Waals surface area contributed by atoms with Gasteiger partial charge in [-0.05, 0) is 57.4 Å². The van der Waals surface area contributed by atoms with Gasteiger partial charge in [-0.2, -0.15) is 0 Å². The van der Waals surface area contributed by atoms with Crippen LogP contribution in [-0.2, 0) is 4.79 Å². The molecule has 24 heavy (non-hydrogen) atoms. The van der Waals surface area contributed by atoms with Gasteiger partial charge in [-0.1, -0.05) is 53.4 Å². The lowest BCUT2D eigenvalue weighted by molar-refractivity contribution is -0.929. The third-order valence-corrected chi connectivity index (χ3v) is 4.94. The van der Waals surface area contributed by atoms with Crippen LogP contribution in [0.5, 0.6) is 0 Å². The summed E-state index contributed by atoms with van der Waals surface area (Å²) in [6, 6.07) is 0. The van der Waals surface area contributed by atoms with E-state index in [1.807, 2.05) is 0 Å². The van der Waals surface area contributed by atoms with Crippen LogP contribution in [0.4, 0.5) is 0 Å². The molecule has 0 aromatic heterocycles. The van der Waals surface area contributed by atoms with Crippen molar-refractivity contribution in [1.82, 2.24) is 0 Å². The average Bonchev–Trinajstić information content (AvgIpc) is 2.56. The van der Waals surface area contributed by atoms with E-state index in [-0.39, 0.29) is 0 Å². The molecule has 0 amide bonds. The van der Waals surface area contributed by atoms with Crippen molar-refractivity contribution in [3.63, 3.8) is 0 Å². The standard InChI is InChI=1S/C20H44N.CNO/c1-5-9-13-17-21(18-14-10-6-2,19-15-11-7-3)20-16-12-8-4;2-1-3/h5-20H2,1-4H3;/q+1;-1. The Bertz CT molecular complexity index is 228. The van der Waals surface area contributed by atoms with Crippen molar-refractivity contribution >= 4 is 6.08 Å². The number of hydrogen-bond acceptors (Lipinski definition) is 1. The van der Waals surface area contributed by atoms with E-state index in [9.17, 15) is 0 Å². The zero-order valence-corrected chi connectivity index (χ0v) is 17.1. The highest BCUT2D eigenvalue weighted by atomic mass is 16.1. The van der Waals surface area contributed by atoms with Gasteiger partial charge in [0.2, 0.25) is 0 Å². The van der Waals surface area contributed by atoms with Gasteiger partial charge >= 0.3 is 0 Å². The Morgan fingerprint density at radius 3 is 0.958 bits per heavy atom. The van der Waals surface area contributed by atoms with Crippen LogP contribution in [0.3, 0.4) is 0 Å². The van der Waals surface area contributed by atoms with Crippen LogP contribution < -0.4 is 0 Å². The lowest BCUT2D eigenvalue weighted by atomic mass is 10.1. The molecule has 0 bridgehead atoms. The van der Waals surface area contributed by atoms with Crippen molar-refractivity contribution in [2.24, 2.45) is 0 Å². The normalized spacial score (nSPS) is 10.8. The Hall–Kier alpha value is -0.660. The number of quaternary nitrogens is 1. The highest BCUT2D eigenvalue weighted by molar-refractivity contribution is 5.36. The number of isocyanates is 1. The van der Waals surface area contributed by atoms with E-state index < -0.39 is 0 Å². The molecule has 0 saturated carbocycles. The Labute approximate surface area is 152 Å². The summed E-state index contributed by atoms with van der Waals surface area (Å²) in [6.07, 6.45) is 17.4. The Kier molecular flexibility index (Phi) is 21.7. The van der Waals surface area contributed by atoms with Gasteiger partial charge in [0.15, 0.2) is 0 Å². The largest absolute Gasteiger partial charge is 0.724 e. The third kappa shape index (κ3) is 16.2. The summed E-state index contributed by atoms with van der Waals surface area (Å²) < 4.78 is 1.44. The average molecular weight is 341 g/mol. The van der Waals surface area contributed by atoms with Crippen LogP contribution in [0.1, 0.15) is 105 Å². The number of carbonyl (C=O) groups excluding carboxylic acids is 1. The minimum atomic E-state index is 0.500. The van der Waals surface area contributed by atoms with Crippen LogP contribution in [0, 0.1) is 0 Å². The van der Waals surface area contributed by atoms with E-state index in [0.29, 0.717) is 6.08 Å². The van der Waals surface area contributed by atoms with Gasteiger partial charge in [-0.3, -0.25) is 4.79 Å². The van der Waals surface area contributed by atoms with Crippen LogP contribution in [0.2, 0.25) is 0 Å². The van der Waals surface area contributed by atoms with Crippen molar-refractivity contribution in [2.45, 2.75) is 105 Å². The topological polar surface area (TPSA) is 39.4 Å². The molecule has 0 N–H and O–H groups in total. The number of unbranched alkanes of at least 4 members (excludes halogenated alkanes) is 8. The molecule has 0 aromatic carbocycles. The van der Waals surface area contributed by atoms with E-state index in [2.05, 4.69) is 27.7 Å². The molecule has 0 aliphatic carbocycles. The first kappa shape index (κ1) is 25.6. The van der Waals surface area contributed by atoms with Crippen LogP contribution in [0.15, 0.2) is 0 Å². The summed E-state index contributed by atoms with van der Waals surface area (Å²) >= 11 is 0. The Morgan fingerprint density at radius 1 is 0.583 bits per heavy atom. The molecule has 0 saturated heterocycles. The quantitative estimate of drug-likeness (QED) is 0.138. The monoisotopic (exact) mass is 340 g/mol. The van der Waals surface area contributed by atoms with Crippen LogP contribution >= 0.6 is 0 Å². The predicted molar refractivity (Wildman–Crippen MR) is 107 cm³/mol. The summed E-state index contributed by atoms with van der Waals surface area (Å²) in [5.41, 5.74) is 0. The lowest BCUT2D eigenvalue weighted by Crippen LogP contribution is -2.50. The number of hydrogen-bond donors (Lipinski definition) is 0. The first-order valence-corrected chi connectivity index (χ1v) is 10.5. The number of rotatable bonds is 16. The van der Waals surface area contributed by atoms with Gasteiger partial charge in [-0.15, -0.1) is 0 Å². The van der Waals surface area contributed by atoms with Gasteiger partial charge in [0.25, 0.3) is 0 Å². The summed E-state index contributed by atoms with van der Waals surface area (Å²) in [6.45, 7) is 15.1. The SMILES string of the molecule is CCCCC[N+](CCCCC)(CCCCC)CCCCC.[N-]=C=O. The molecule has 0 spiro atoms. The molecular formula is C21H44N2O. The van der Waals surface area contributed by atoms with Crippen molar-refractivity contribution in [2.75, 3.05) is 26.2 Å². The molecule has 0 aliphatic heterocycles. The molecule has 0 radical (unpaired) electrons. The molecule has 144 valence electrons. The Morgan fingerprint density at radius 2 is 0.792 bits per heavy atom. The first-order chi connectivity index (χ1) is 11.7. The minimum Gasteiger partial charge on any atom is -0.724 e. The second-order valence-corrected chi connectivity index (χ2v) is 7.16. The van der Waals surface area contributed by atoms with Gasteiger partial charge in [0.1, 0.15) is 0 Å². The molecule has 0 aromatic rings. The van der Waals surface area contributed by atoms with E-state index in [4.69, 9.17) is 10.2 Å². The van der Waals surface area contributed by atoms with Crippen molar-refractivity contribution in [1.29, 1.82) is 0 Å². The van der Waals surface area contributed by atoms with E-state index in [1.54, 1.807) is 0 Å². The first-order valence-electron chi connectivity index (χ1n) is 10.5. The summed E-state index contributed by atoms with van der Waals surface area (Å²) in [5, 5.41) is 6.76. The Balaban J connectivity index is 0. The maximum Gasteiger partial charge on any atom is 0.0786 e. The second kappa shape index (κ2) is 20.4. The van der Waals surface area contributed by atoms with E-state index in [0.717, 1.165) is 0 Å². The summed E-state index contributed by atoms with van der Waals surface area (Å²) in [5.74, 6) is 0. The maximum absolute atomic E-state index is 8.24. The fraction of sp³-hybridized carbons (Fsp3) is 0.952. The van der Waals surface area contributed by atoms with Crippen LogP contribution in [0.25, 0.3) is 5.41 Å². The summed E-state index contributed by atoms with van der Waals surface area (Å²) in [7, 11) is 0. The smallest absolute Gasteiger partial charge is 0.0786 e. The molecular weight excluding hydrogens is 296 g/mol. The second-order valence-electron chi connectivity index (χ2n) is 7.16. The molecule has 0 heterocycles. The van der Waals surface area contributed by atoms with Crippen molar-refractivity contribution in [3.05, 3.63) is 5.41 Å². The maximum atomic E-state index is 8.24. The summed E-state index contributed by atoms with van der Waals surface area (Å²) in [4.78, 5) is 8.24. The molecule has 0 rings (SSSR count). The molecule has 0 unspecified atom stereocenters. The molecule has 0 atom stereocenters. The van der Waals surface area contributed by atoms with E-state index >= 15 is 0 Å². The van der Waals surface area contributed by atoms with Gasteiger partial charge in [-0.25, -0.2) is 0 Å². The highest BCUT2D eigenvalue weighted by Gasteiger charge is 2.25. The van der Waals surface area contributed by atoms with Crippen LogP contribution in [-0.4, -0.2) is 36.7 Å². The molecule has 3 nitrogen and oxygen atoms in total. The predicted octanol–water partition coefficient (Wildman–Crippen LogP) is 6.46. The third-order valence-electron chi connectivity index (χ3n) is 4.94. The zero-order valence-electron chi connectivity index (χ0n) is 17.1. The molecule has 0 fully saturated rings. The fourth-order valence-corrected chi connectivity index (χ4v) is 3.46.